The molecule has 0 bridgehead atoms. The predicted molar refractivity (Wildman–Crippen MR) is 157 cm³/mol. The Balaban J connectivity index is 1.99. The van der Waals surface area contributed by atoms with Crippen molar-refractivity contribution in [2.24, 2.45) is 10.8 Å². The molecule has 0 N–H and O–H groups in total. The molecule has 2 aliphatic heterocycles. The lowest BCUT2D eigenvalue weighted by Gasteiger charge is -2.52. The van der Waals surface area contributed by atoms with Crippen LogP contribution >= 0.6 is 116 Å². The van der Waals surface area contributed by atoms with Crippen molar-refractivity contribution in [3.8, 4) is 0 Å². The molecule has 2 aromatic carbocycles. The van der Waals surface area contributed by atoms with Gasteiger partial charge < -0.3 is 14.2 Å². The van der Waals surface area contributed by atoms with Crippen LogP contribution in [-0.2, 0) is 14.2 Å². The van der Waals surface area contributed by atoms with Gasteiger partial charge in [0.05, 0.1) is 88.9 Å². The summed E-state index contributed by atoms with van der Waals surface area (Å²) in [7, 11) is 0. The quantitative estimate of drug-likeness (QED) is 0.202. The third-order valence-electron chi connectivity index (χ3n) is 7.36. The van der Waals surface area contributed by atoms with Gasteiger partial charge >= 0.3 is 0 Å². The van der Waals surface area contributed by atoms with Crippen molar-refractivity contribution in [3.05, 3.63) is 61.4 Å². The summed E-state index contributed by atoms with van der Waals surface area (Å²) in [5.41, 5.74) is -0.264. The Morgan fingerprint density at radius 1 is 0.514 bits per heavy atom. The highest BCUT2D eigenvalue weighted by Crippen LogP contribution is 2.60. The van der Waals surface area contributed by atoms with Crippen LogP contribution in [0.5, 0.6) is 0 Å². The highest BCUT2D eigenvalue weighted by Gasteiger charge is 2.54. The van der Waals surface area contributed by atoms with E-state index in [0.29, 0.717) is 50.4 Å². The normalized spacial score (nSPS) is 19.8. The summed E-state index contributed by atoms with van der Waals surface area (Å²) >= 11 is 65.5. The third-order valence-corrected chi connectivity index (χ3v) is 12.0. The number of benzene rings is 2. The topological polar surface area (TPSA) is 27.7 Å². The molecule has 0 aliphatic carbocycles. The molecule has 37 heavy (non-hydrogen) atoms. The Morgan fingerprint density at radius 3 is 0.946 bits per heavy atom. The molecule has 0 saturated carbocycles. The molecule has 2 fully saturated rings. The van der Waals surface area contributed by atoms with Gasteiger partial charge in [-0.15, -0.1) is 0 Å². The lowest BCUT2D eigenvalue weighted by molar-refractivity contribution is -0.254. The highest BCUT2D eigenvalue weighted by molar-refractivity contribution is 6.56. The molecule has 2 heterocycles. The molecule has 0 radical (unpaired) electrons. The second-order valence-corrected chi connectivity index (χ2v) is 13.1. The molecule has 13 heteroatoms. The first-order chi connectivity index (χ1) is 17.4. The fourth-order valence-electron chi connectivity index (χ4n) is 4.69. The SMILES string of the molecule is CCC1(C(OC(c2c(Cl)c(Cl)c(Cl)c(Cl)c2Cl)C2(CC)COC2)c2c(Cl)c(Cl)c(Cl)c(Cl)c2Cl)COC1. The molecule has 2 aromatic rings. The first-order valence-electron chi connectivity index (χ1n) is 11.2. The maximum atomic E-state index is 7.02. The first kappa shape index (κ1) is 31.2. The van der Waals surface area contributed by atoms with Crippen LogP contribution in [0.4, 0.5) is 0 Å². The molecule has 2 aliphatic rings. The van der Waals surface area contributed by atoms with Gasteiger partial charge in [0.15, 0.2) is 0 Å². The number of halogens is 10. The van der Waals surface area contributed by atoms with E-state index in [1.165, 1.54) is 0 Å². The third kappa shape index (κ3) is 5.09. The summed E-state index contributed by atoms with van der Waals surface area (Å²) in [6, 6.07) is 0. The van der Waals surface area contributed by atoms with Crippen LogP contribution in [0.15, 0.2) is 0 Å². The summed E-state index contributed by atoms with van der Waals surface area (Å²) < 4.78 is 18.3. The van der Waals surface area contributed by atoms with Crippen LogP contribution in [-0.4, -0.2) is 26.4 Å². The van der Waals surface area contributed by atoms with Crippen LogP contribution in [0.25, 0.3) is 0 Å². The van der Waals surface area contributed by atoms with E-state index in [1.54, 1.807) is 0 Å². The maximum absolute atomic E-state index is 7.02. The minimum Gasteiger partial charge on any atom is -0.380 e. The first-order valence-corrected chi connectivity index (χ1v) is 15.0. The van der Waals surface area contributed by atoms with Crippen molar-refractivity contribution in [3.63, 3.8) is 0 Å². The van der Waals surface area contributed by atoms with Crippen LogP contribution in [0.1, 0.15) is 50.0 Å². The Morgan fingerprint density at radius 2 is 0.757 bits per heavy atom. The summed E-state index contributed by atoms with van der Waals surface area (Å²) in [4.78, 5) is 0. The van der Waals surface area contributed by atoms with Gasteiger partial charge in [0.25, 0.3) is 0 Å². The van der Waals surface area contributed by atoms with E-state index >= 15 is 0 Å². The van der Waals surface area contributed by atoms with Crippen LogP contribution in [0.2, 0.25) is 50.2 Å². The Bertz CT molecular complexity index is 1060. The van der Waals surface area contributed by atoms with Gasteiger partial charge in [0.2, 0.25) is 0 Å². The molecule has 2 saturated heterocycles. The second-order valence-electron chi connectivity index (χ2n) is 9.28. The second kappa shape index (κ2) is 11.8. The van der Waals surface area contributed by atoms with Gasteiger partial charge in [-0.1, -0.05) is 130 Å². The monoisotopic (exact) mass is 706 g/mol. The summed E-state index contributed by atoms with van der Waals surface area (Å²) in [5, 5.41) is 0.873. The van der Waals surface area contributed by atoms with E-state index in [1.807, 2.05) is 13.8 Å². The van der Waals surface area contributed by atoms with E-state index in [4.69, 9.17) is 130 Å². The van der Waals surface area contributed by atoms with Crippen molar-refractivity contribution in [2.75, 3.05) is 26.4 Å². The van der Waals surface area contributed by atoms with Crippen molar-refractivity contribution in [1.82, 2.24) is 0 Å². The zero-order chi connectivity index (χ0) is 27.4. The maximum Gasteiger partial charge on any atom is 0.0963 e. The van der Waals surface area contributed by atoms with Crippen molar-refractivity contribution >= 4 is 116 Å². The molecule has 0 aromatic heterocycles. The van der Waals surface area contributed by atoms with E-state index in [0.717, 1.165) is 0 Å². The van der Waals surface area contributed by atoms with Crippen LogP contribution < -0.4 is 0 Å². The smallest absolute Gasteiger partial charge is 0.0963 e. The van der Waals surface area contributed by atoms with Gasteiger partial charge in [-0.25, -0.2) is 0 Å². The number of hydrogen-bond donors (Lipinski definition) is 0. The van der Waals surface area contributed by atoms with Crippen LogP contribution in [0, 0.1) is 10.8 Å². The Labute approximate surface area is 265 Å². The average molecular weight is 711 g/mol. The van der Waals surface area contributed by atoms with Crippen molar-refractivity contribution < 1.29 is 14.2 Å². The Kier molecular flexibility index (Phi) is 9.97. The zero-order valence-corrected chi connectivity index (χ0v) is 27.0. The fraction of sp³-hybridized carbons (Fsp3) is 0.500. The van der Waals surface area contributed by atoms with Crippen molar-refractivity contribution in [1.29, 1.82) is 0 Å². The summed E-state index contributed by atoms with van der Waals surface area (Å²) in [5.74, 6) is 0. The van der Waals surface area contributed by atoms with E-state index in [9.17, 15) is 0 Å². The summed E-state index contributed by atoms with van der Waals surface area (Å²) in [6.07, 6.45) is -0.191. The molecule has 204 valence electrons. The molecular formula is C24H20Cl10O3. The largest absolute Gasteiger partial charge is 0.380 e. The average Bonchev–Trinajstić information content (AvgIpc) is 2.83. The molecule has 0 spiro atoms. The predicted octanol–water partition coefficient (Wildman–Crippen LogP) is 11.9. The minimum absolute atomic E-state index is 0.0487. The highest BCUT2D eigenvalue weighted by atomic mass is 35.5. The van der Waals surface area contributed by atoms with E-state index < -0.39 is 23.0 Å². The lowest BCUT2D eigenvalue weighted by Crippen LogP contribution is -2.52. The number of ether oxygens (including phenoxy) is 3. The zero-order valence-electron chi connectivity index (χ0n) is 19.4. The van der Waals surface area contributed by atoms with Gasteiger partial charge in [-0.3, -0.25) is 0 Å². The van der Waals surface area contributed by atoms with Gasteiger partial charge in [0, 0.05) is 22.0 Å². The summed E-state index contributed by atoms with van der Waals surface area (Å²) in [6.45, 7) is 5.56. The van der Waals surface area contributed by atoms with Gasteiger partial charge in [-0.2, -0.15) is 0 Å². The van der Waals surface area contributed by atoms with Crippen LogP contribution in [0.3, 0.4) is 0 Å². The van der Waals surface area contributed by atoms with Gasteiger partial charge in [-0.05, 0) is 12.8 Å². The molecule has 0 amide bonds. The lowest BCUT2D eigenvalue weighted by atomic mass is 9.72. The molecule has 2 unspecified atom stereocenters. The molecular weight excluding hydrogens is 691 g/mol. The van der Waals surface area contributed by atoms with Crippen molar-refractivity contribution in [2.45, 2.75) is 38.9 Å². The van der Waals surface area contributed by atoms with Gasteiger partial charge in [0.1, 0.15) is 0 Å². The molecule has 4 rings (SSSR count). The Hall–Kier alpha value is 1.22. The fourth-order valence-corrected chi connectivity index (χ4v) is 7.39. The molecule has 3 nitrogen and oxygen atoms in total. The number of rotatable bonds is 8. The van der Waals surface area contributed by atoms with E-state index in [2.05, 4.69) is 0 Å². The minimum atomic E-state index is -0.757. The molecule has 2 atom stereocenters. The number of hydrogen-bond acceptors (Lipinski definition) is 3. The van der Waals surface area contributed by atoms with E-state index in [-0.39, 0.29) is 50.2 Å². The standard InChI is InChI=1S/C24H20Cl10O3/c1-3-23(5-35-6-23)21(9-11(25)15(29)19(33)16(30)12(9)26)37-22(24(4-2)7-36-8-24)10-13(27)17(31)20(34)18(32)14(10)28/h21-22H,3-8H2,1-2H3.